The second kappa shape index (κ2) is 7.03. The Bertz CT molecular complexity index is 883. The molecule has 1 saturated carbocycles. The van der Waals surface area contributed by atoms with Gasteiger partial charge in [0.1, 0.15) is 4.90 Å². The Morgan fingerprint density at radius 1 is 1.20 bits per heavy atom. The predicted octanol–water partition coefficient (Wildman–Crippen LogP) is 2.55. The lowest BCUT2D eigenvalue weighted by atomic mass is 10.2. The molecule has 2 aromatic carbocycles. The molecular weight excluding hydrogens is 362 g/mol. The fraction of sp³-hybridized carbons (Fsp3) is 0.235. The number of carbonyl (C=O) groups is 1. The smallest absolute Gasteiger partial charge is 0.269 e. The predicted molar refractivity (Wildman–Crippen MR) is 96.8 cm³/mol. The van der Waals surface area contributed by atoms with E-state index in [-0.39, 0.29) is 15.5 Å². The fourth-order valence-electron chi connectivity index (χ4n) is 2.43. The van der Waals surface area contributed by atoms with Crippen LogP contribution in [0.15, 0.2) is 53.4 Å². The minimum Gasteiger partial charge on any atom is -0.285 e. The maximum atomic E-state index is 12.6. The third kappa shape index (κ3) is 4.50. The summed E-state index contributed by atoms with van der Waals surface area (Å²) in [6, 6.07) is 13.5. The standard InChI is InChI=1S/C17H18ClN3O3S/c18-15-9-8-13(10-16(15)25(19,23)24)17(22)20-21(11-12-6-7-12)14-4-2-1-3-5-14/h1-5,8-10,12H,6-7,11H2,(H,20,22)(H2,19,23,24). The molecule has 0 spiro atoms. The molecule has 8 heteroatoms. The number of sulfonamides is 1. The van der Waals surface area contributed by atoms with Gasteiger partial charge in [0, 0.05) is 12.1 Å². The minimum absolute atomic E-state index is 0.0167. The van der Waals surface area contributed by atoms with Gasteiger partial charge in [0.2, 0.25) is 10.0 Å². The van der Waals surface area contributed by atoms with Crippen molar-refractivity contribution in [3.8, 4) is 0 Å². The molecule has 6 nitrogen and oxygen atoms in total. The first-order valence-electron chi connectivity index (χ1n) is 7.80. The van der Waals surface area contributed by atoms with Gasteiger partial charge < -0.3 is 0 Å². The van der Waals surface area contributed by atoms with Crippen LogP contribution in [0.2, 0.25) is 5.02 Å². The van der Waals surface area contributed by atoms with Crippen LogP contribution in [-0.2, 0) is 10.0 Å². The first kappa shape index (κ1) is 17.7. The quantitative estimate of drug-likeness (QED) is 0.754. The Hall–Kier alpha value is -2.09. The van der Waals surface area contributed by atoms with Crippen molar-refractivity contribution < 1.29 is 13.2 Å². The van der Waals surface area contributed by atoms with Crippen molar-refractivity contribution in [2.45, 2.75) is 17.7 Å². The van der Waals surface area contributed by atoms with Crippen molar-refractivity contribution in [2.24, 2.45) is 11.1 Å². The van der Waals surface area contributed by atoms with Crippen molar-refractivity contribution in [1.29, 1.82) is 0 Å². The summed E-state index contributed by atoms with van der Waals surface area (Å²) in [5.41, 5.74) is 3.87. The zero-order valence-electron chi connectivity index (χ0n) is 13.4. The van der Waals surface area contributed by atoms with E-state index in [9.17, 15) is 13.2 Å². The van der Waals surface area contributed by atoms with Crippen LogP contribution >= 0.6 is 11.6 Å². The van der Waals surface area contributed by atoms with Crippen molar-refractivity contribution in [1.82, 2.24) is 5.43 Å². The van der Waals surface area contributed by atoms with Crippen molar-refractivity contribution in [3.05, 3.63) is 59.1 Å². The number of rotatable bonds is 6. The molecule has 1 aliphatic carbocycles. The molecule has 3 rings (SSSR count). The van der Waals surface area contributed by atoms with Crippen molar-refractivity contribution in [2.75, 3.05) is 11.6 Å². The van der Waals surface area contributed by atoms with Gasteiger partial charge in [-0.2, -0.15) is 0 Å². The van der Waals surface area contributed by atoms with Crippen LogP contribution in [0, 0.1) is 5.92 Å². The lowest BCUT2D eigenvalue weighted by molar-refractivity contribution is 0.0948. The molecule has 0 aromatic heterocycles. The second-order valence-electron chi connectivity index (χ2n) is 6.02. The summed E-state index contributed by atoms with van der Waals surface area (Å²) in [5.74, 6) is 0.122. The number of para-hydroxylation sites is 1. The molecular formula is C17H18ClN3O3S. The molecule has 132 valence electrons. The molecule has 25 heavy (non-hydrogen) atoms. The number of benzene rings is 2. The summed E-state index contributed by atoms with van der Waals surface area (Å²) in [7, 11) is -4.00. The molecule has 1 amide bonds. The van der Waals surface area contributed by atoms with E-state index in [2.05, 4.69) is 5.43 Å². The van der Waals surface area contributed by atoms with E-state index in [0.29, 0.717) is 12.5 Å². The summed E-state index contributed by atoms with van der Waals surface area (Å²) in [4.78, 5) is 12.3. The van der Waals surface area contributed by atoms with E-state index in [0.717, 1.165) is 18.5 Å². The van der Waals surface area contributed by atoms with Gasteiger partial charge in [0.25, 0.3) is 5.91 Å². The minimum atomic E-state index is -4.00. The first-order valence-corrected chi connectivity index (χ1v) is 9.73. The zero-order valence-corrected chi connectivity index (χ0v) is 14.9. The number of hydrazine groups is 1. The number of amides is 1. The van der Waals surface area contributed by atoms with Crippen LogP contribution in [0.4, 0.5) is 5.69 Å². The molecule has 0 bridgehead atoms. The van der Waals surface area contributed by atoms with E-state index < -0.39 is 15.9 Å². The van der Waals surface area contributed by atoms with E-state index in [1.165, 1.54) is 18.2 Å². The van der Waals surface area contributed by atoms with Gasteiger partial charge in [0.15, 0.2) is 0 Å². The molecule has 2 aromatic rings. The molecule has 0 radical (unpaired) electrons. The lowest BCUT2D eigenvalue weighted by Gasteiger charge is -2.25. The number of anilines is 1. The van der Waals surface area contributed by atoms with Gasteiger partial charge in [-0.15, -0.1) is 0 Å². The van der Waals surface area contributed by atoms with Crippen LogP contribution in [0.25, 0.3) is 0 Å². The number of primary sulfonamides is 1. The third-order valence-corrected chi connectivity index (χ3v) is 5.33. The molecule has 0 heterocycles. The lowest BCUT2D eigenvalue weighted by Crippen LogP contribution is -2.43. The molecule has 0 saturated heterocycles. The average Bonchev–Trinajstić information content (AvgIpc) is 3.38. The molecule has 1 aliphatic rings. The largest absolute Gasteiger partial charge is 0.285 e. The van der Waals surface area contributed by atoms with Crippen LogP contribution < -0.4 is 15.6 Å². The Labute approximate surface area is 151 Å². The van der Waals surface area contributed by atoms with Gasteiger partial charge in [-0.1, -0.05) is 29.8 Å². The van der Waals surface area contributed by atoms with Gasteiger partial charge in [-0.05, 0) is 49.1 Å². The summed E-state index contributed by atoms with van der Waals surface area (Å²) >= 11 is 5.86. The maximum absolute atomic E-state index is 12.6. The number of halogens is 1. The van der Waals surface area contributed by atoms with Crippen LogP contribution in [-0.4, -0.2) is 20.9 Å². The summed E-state index contributed by atoms with van der Waals surface area (Å²) in [6.45, 7) is 0.700. The third-order valence-electron chi connectivity index (χ3n) is 3.94. The topological polar surface area (TPSA) is 92.5 Å². The van der Waals surface area contributed by atoms with Crippen LogP contribution in [0.3, 0.4) is 0 Å². The summed E-state index contributed by atoms with van der Waals surface area (Å²) < 4.78 is 23.2. The Balaban J connectivity index is 1.84. The van der Waals surface area contributed by atoms with Gasteiger partial charge >= 0.3 is 0 Å². The molecule has 3 N–H and O–H groups in total. The highest BCUT2D eigenvalue weighted by atomic mass is 35.5. The monoisotopic (exact) mass is 379 g/mol. The number of carbonyl (C=O) groups excluding carboxylic acids is 1. The highest BCUT2D eigenvalue weighted by Crippen LogP contribution is 2.31. The highest BCUT2D eigenvalue weighted by Gasteiger charge is 2.26. The summed E-state index contributed by atoms with van der Waals surface area (Å²) in [5, 5.41) is 6.91. The van der Waals surface area contributed by atoms with Gasteiger partial charge in [-0.3, -0.25) is 15.2 Å². The number of hydrogen-bond donors (Lipinski definition) is 2. The van der Waals surface area contributed by atoms with Crippen molar-refractivity contribution >= 4 is 33.2 Å². The Kier molecular flexibility index (Phi) is 4.99. The van der Waals surface area contributed by atoms with E-state index >= 15 is 0 Å². The molecule has 1 fully saturated rings. The van der Waals surface area contributed by atoms with Crippen molar-refractivity contribution in [3.63, 3.8) is 0 Å². The van der Waals surface area contributed by atoms with Gasteiger partial charge in [-0.25, -0.2) is 13.6 Å². The number of nitrogens with one attached hydrogen (secondary N) is 1. The number of nitrogens with two attached hydrogens (primary N) is 1. The Morgan fingerprint density at radius 2 is 1.88 bits per heavy atom. The fourth-order valence-corrected chi connectivity index (χ4v) is 3.50. The van der Waals surface area contributed by atoms with E-state index in [4.69, 9.17) is 16.7 Å². The maximum Gasteiger partial charge on any atom is 0.269 e. The number of nitrogens with zero attached hydrogens (tertiary/aromatic N) is 1. The average molecular weight is 380 g/mol. The molecule has 0 aliphatic heterocycles. The molecule has 0 atom stereocenters. The second-order valence-corrected chi connectivity index (χ2v) is 7.96. The van der Waals surface area contributed by atoms with Crippen LogP contribution in [0.5, 0.6) is 0 Å². The van der Waals surface area contributed by atoms with E-state index in [1.807, 2.05) is 30.3 Å². The van der Waals surface area contributed by atoms with E-state index in [1.54, 1.807) is 5.01 Å². The summed E-state index contributed by atoms with van der Waals surface area (Å²) in [6.07, 6.45) is 2.27. The zero-order chi connectivity index (χ0) is 18.0. The SMILES string of the molecule is NS(=O)(=O)c1cc(C(=O)NN(CC2CC2)c2ccccc2)ccc1Cl. The molecule has 0 unspecified atom stereocenters. The Morgan fingerprint density at radius 3 is 2.48 bits per heavy atom. The normalized spacial score (nSPS) is 14.2. The number of hydrogen-bond acceptors (Lipinski definition) is 4. The van der Waals surface area contributed by atoms with Crippen LogP contribution in [0.1, 0.15) is 23.2 Å². The van der Waals surface area contributed by atoms with Gasteiger partial charge in [0.05, 0.1) is 10.7 Å². The first-order chi connectivity index (χ1) is 11.8. The highest BCUT2D eigenvalue weighted by molar-refractivity contribution is 7.89.